The molecular weight excluding hydrogens is 482 g/mol. The summed E-state index contributed by atoms with van der Waals surface area (Å²) in [4.78, 5) is 0. The summed E-state index contributed by atoms with van der Waals surface area (Å²) in [5, 5.41) is 2.54. The summed E-state index contributed by atoms with van der Waals surface area (Å²) in [6.45, 7) is 2.13. The minimum absolute atomic E-state index is 1.18. The van der Waals surface area contributed by atoms with Crippen molar-refractivity contribution in [1.82, 2.24) is 4.57 Å². The highest BCUT2D eigenvalue weighted by Gasteiger charge is 2.13. The van der Waals surface area contributed by atoms with E-state index in [-0.39, 0.29) is 0 Å². The summed E-state index contributed by atoms with van der Waals surface area (Å²) in [5.41, 5.74) is 12.2. The molecule has 0 unspecified atom stereocenters. The van der Waals surface area contributed by atoms with Crippen LogP contribution >= 0.6 is 0 Å². The summed E-state index contributed by atoms with van der Waals surface area (Å²) >= 11 is 0. The predicted octanol–water partition coefficient (Wildman–Crippen LogP) is 10.3. The van der Waals surface area contributed by atoms with E-state index in [2.05, 4.69) is 169 Å². The highest BCUT2D eigenvalue weighted by Crippen LogP contribution is 2.35. The molecule has 1 heterocycles. The number of nitrogens with zero attached hydrogens (tertiary/aromatic N) is 1. The first-order chi connectivity index (χ1) is 19.7. The summed E-state index contributed by atoms with van der Waals surface area (Å²) in [6, 6.07) is 54.5. The lowest BCUT2D eigenvalue weighted by molar-refractivity contribution is 1.18. The van der Waals surface area contributed by atoms with E-state index in [1.165, 1.54) is 66.4 Å². The number of benzene rings is 6. The third-order valence-electron chi connectivity index (χ3n) is 7.69. The van der Waals surface area contributed by atoms with Gasteiger partial charge in [0.25, 0.3) is 0 Å². The molecule has 0 saturated carbocycles. The summed E-state index contributed by atoms with van der Waals surface area (Å²) in [6.07, 6.45) is 2.29. The number of rotatable bonds is 5. The minimum Gasteiger partial charge on any atom is -0.309 e. The van der Waals surface area contributed by atoms with Gasteiger partial charge in [0.2, 0.25) is 0 Å². The maximum absolute atomic E-state index is 2.36. The van der Waals surface area contributed by atoms with E-state index < -0.39 is 0 Å². The molecule has 6 aromatic carbocycles. The van der Waals surface area contributed by atoms with Crippen LogP contribution in [0.25, 0.3) is 50.3 Å². The normalized spacial score (nSPS) is 11.8. The van der Waals surface area contributed by atoms with Gasteiger partial charge in [-0.3, -0.25) is 0 Å². The van der Waals surface area contributed by atoms with Crippen LogP contribution in [0.1, 0.15) is 22.3 Å². The van der Waals surface area contributed by atoms with Gasteiger partial charge < -0.3 is 4.57 Å². The van der Waals surface area contributed by atoms with Crippen molar-refractivity contribution in [2.24, 2.45) is 0 Å². The lowest BCUT2D eigenvalue weighted by atomic mass is 9.93. The number of fused-ring (bicyclic) bond motifs is 3. The Bertz CT molecular complexity index is 1960. The molecule has 1 heteroatoms. The van der Waals surface area contributed by atoms with Crippen molar-refractivity contribution in [2.75, 3.05) is 0 Å². The molecule has 0 bridgehead atoms. The molecule has 0 N–H and O–H groups in total. The van der Waals surface area contributed by atoms with Crippen molar-refractivity contribution >= 4 is 33.5 Å². The van der Waals surface area contributed by atoms with Gasteiger partial charge in [0.1, 0.15) is 0 Å². The van der Waals surface area contributed by atoms with Crippen LogP contribution in [-0.4, -0.2) is 4.57 Å². The topological polar surface area (TPSA) is 4.93 Å². The Morgan fingerprint density at radius 2 is 1.10 bits per heavy atom. The Balaban J connectivity index is 1.31. The third-order valence-corrected chi connectivity index (χ3v) is 7.69. The molecule has 0 radical (unpaired) electrons. The van der Waals surface area contributed by atoms with Crippen LogP contribution in [0, 0.1) is 6.92 Å². The van der Waals surface area contributed by atoms with Gasteiger partial charge in [-0.15, -0.1) is 0 Å². The molecule has 40 heavy (non-hydrogen) atoms. The number of hydrogen-bond acceptors (Lipinski definition) is 0. The molecule has 0 aliphatic carbocycles. The number of para-hydroxylation sites is 2. The van der Waals surface area contributed by atoms with E-state index in [1.807, 2.05) is 0 Å². The monoisotopic (exact) mass is 511 g/mol. The van der Waals surface area contributed by atoms with Gasteiger partial charge in [0.15, 0.2) is 0 Å². The Hall–Kier alpha value is -5.14. The average molecular weight is 512 g/mol. The quantitative estimate of drug-likeness (QED) is 0.203. The van der Waals surface area contributed by atoms with E-state index in [9.17, 15) is 0 Å². The van der Waals surface area contributed by atoms with E-state index in [1.54, 1.807) is 0 Å². The minimum atomic E-state index is 1.18. The Morgan fingerprint density at radius 1 is 0.500 bits per heavy atom. The Morgan fingerprint density at radius 3 is 1.85 bits per heavy atom. The molecule has 190 valence electrons. The van der Waals surface area contributed by atoms with E-state index in [0.717, 1.165) is 0 Å². The zero-order chi connectivity index (χ0) is 26.9. The molecule has 0 aliphatic rings. The zero-order valence-corrected chi connectivity index (χ0v) is 22.5. The number of aryl methyl sites for hydroxylation is 1. The lowest BCUT2D eigenvalue weighted by Gasteiger charge is -2.11. The van der Waals surface area contributed by atoms with Crippen molar-refractivity contribution < 1.29 is 0 Å². The fourth-order valence-electron chi connectivity index (χ4n) is 5.63. The van der Waals surface area contributed by atoms with Crippen LogP contribution in [-0.2, 0) is 0 Å². The van der Waals surface area contributed by atoms with Crippen molar-refractivity contribution in [2.45, 2.75) is 6.92 Å². The summed E-state index contributed by atoms with van der Waals surface area (Å²) < 4.78 is 2.36. The standard InChI is InChI=1S/C39H29N/c1-28-16-18-29(19-17-28)26-36(31-10-4-2-5-11-31)32-22-20-30(21-23-32)33-24-25-39-37(27-33)35-14-8-9-15-38(35)40(39)34-12-6-3-7-13-34/h2-27H,1H3/b36-26+. The molecule has 0 aliphatic heterocycles. The maximum atomic E-state index is 2.36. The van der Waals surface area contributed by atoms with Crippen molar-refractivity contribution in [3.63, 3.8) is 0 Å². The summed E-state index contributed by atoms with van der Waals surface area (Å²) in [5.74, 6) is 0. The molecule has 0 fully saturated rings. The molecular formula is C39H29N. The fourth-order valence-corrected chi connectivity index (χ4v) is 5.63. The fraction of sp³-hybridized carbons (Fsp3) is 0.0256. The largest absolute Gasteiger partial charge is 0.309 e. The average Bonchev–Trinajstić information content (AvgIpc) is 3.35. The Kier molecular flexibility index (Phi) is 6.11. The third kappa shape index (κ3) is 4.42. The van der Waals surface area contributed by atoms with Gasteiger partial charge >= 0.3 is 0 Å². The number of aromatic nitrogens is 1. The van der Waals surface area contributed by atoms with Crippen LogP contribution in [0.2, 0.25) is 0 Å². The number of hydrogen-bond donors (Lipinski definition) is 0. The van der Waals surface area contributed by atoms with Gasteiger partial charge in [0.05, 0.1) is 11.0 Å². The van der Waals surface area contributed by atoms with Gasteiger partial charge in [-0.25, -0.2) is 0 Å². The second-order valence-corrected chi connectivity index (χ2v) is 10.3. The van der Waals surface area contributed by atoms with Gasteiger partial charge in [-0.2, -0.15) is 0 Å². The van der Waals surface area contributed by atoms with Gasteiger partial charge in [0, 0.05) is 16.5 Å². The van der Waals surface area contributed by atoms with Crippen LogP contribution in [0.3, 0.4) is 0 Å². The smallest absolute Gasteiger partial charge is 0.0541 e. The van der Waals surface area contributed by atoms with Crippen LogP contribution in [0.4, 0.5) is 0 Å². The van der Waals surface area contributed by atoms with E-state index in [0.29, 0.717) is 0 Å². The Labute approximate surface area is 235 Å². The van der Waals surface area contributed by atoms with Crippen molar-refractivity contribution in [3.05, 3.63) is 174 Å². The molecule has 7 aromatic rings. The van der Waals surface area contributed by atoms with Gasteiger partial charge in [-0.1, -0.05) is 127 Å². The molecule has 1 nitrogen and oxygen atoms in total. The van der Waals surface area contributed by atoms with Crippen LogP contribution in [0.15, 0.2) is 152 Å². The molecule has 0 amide bonds. The lowest BCUT2D eigenvalue weighted by Crippen LogP contribution is -1.92. The van der Waals surface area contributed by atoms with E-state index >= 15 is 0 Å². The van der Waals surface area contributed by atoms with Gasteiger partial charge in [-0.05, 0) is 76.7 Å². The van der Waals surface area contributed by atoms with Crippen molar-refractivity contribution in [3.8, 4) is 16.8 Å². The van der Waals surface area contributed by atoms with E-state index in [4.69, 9.17) is 0 Å². The molecule has 7 rings (SSSR count). The molecule has 0 saturated heterocycles. The molecule has 1 aromatic heterocycles. The second kappa shape index (κ2) is 10.2. The predicted molar refractivity (Wildman–Crippen MR) is 171 cm³/mol. The highest BCUT2D eigenvalue weighted by atomic mass is 15.0. The van der Waals surface area contributed by atoms with Crippen LogP contribution in [0.5, 0.6) is 0 Å². The first-order valence-corrected chi connectivity index (χ1v) is 13.8. The first-order valence-electron chi connectivity index (χ1n) is 13.8. The summed E-state index contributed by atoms with van der Waals surface area (Å²) in [7, 11) is 0. The molecule has 0 spiro atoms. The van der Waals surface area contributed by atoms with Crippen molar-refractivity contribution in [1.29, 1.82) is 0 Å². The first kappa shape index (κ1) is 23.9. The SMILES string of the molecule is Cc1ccc(/C=C(\c2ccccc2)c2ccc(-c3ccc4c(c3)c3ccccc3n4-c3ccccc3)cc2)cc1. The maximum Gasteiger partial charge on any atom is 0.0541 e. The second-order valence-electron chi connectivity index (χ2n) is 10.3. The molecule has 0 atom stereocenters. The van der Waals surface area contributed by atoms with Crippen LogP contribution < -0.4 is 0 Å². The highest BCUT2D eigenvalue weighted by molar-refractivity contribution is 6.10. The zero-order valence-electron chi connectivity index (χ0n) is 22.5.